The number of rotatable bonds is 18. The molecule has 1 saturated heterocycles. The Morgan fingerprint density at radius 1 is 0.981 bits per heavy atom. The summed E-state index contributed by atoms with van der Waals surface area (Å²) in [7, 11) is 0. The van der Waals surface area contributed by atoms with Gasteiger partial charge in [-0.15, -0.1) is 0 Å². The van der Waals surface area contributed by atoms with E-state index >= 15 is 0 Å². The molecule has 1 aromatic carbocycles. The SMILES string of the molecule is CCCCC(NC(=O)[C@@H]1C[C@@H](OC(C)(C)C)CN1C(=O)[C@@H](NC(=O)OCC(C)C)C(C)(C)C)C(=O)C(=O)NCC(=O)N[C@@H](CN=NN)c1ccccc1. The third-order valence-corrected chi connectivity index (χ3v) is 8.29. The van der Waals surface area contributed by atoms with Gasteiger partial charge in [-0.3, -0.25) is 24.0 Å². The maximum Gasteiger partial charge on any atom is 0.407 e. The number of hydrogen-bond acceptors (Lipinski definition) is 10. The first-order valence-electron chi connectivity index (χ1n) is 18.2. The first-order valence-corrected chi connectivity index (χ1v) is 18.2. The highest BCUT2D eigenvalue weighted by atomic mass is 16.5. The summed E-state index contributed by atoms with van der Waals surface area (Å²) >= 11 is 0. The second kappa shape index (κ2) is 20.6. The molecule has 1 unspecified atom stereocenters. The van der Waals surface area contributed by atoms with Gasteiger partial charge in [0.2, 0.25) is 23.5 Å². The van der Waals surface area contributed by atoms with E-state index in [0.29, 0.717) is 12.8 Å². The van der Waals surface area contributed by atoms with Gasteiger partial charge in [-0.05, 0) is 44.1 Å². The van der Waals surface area contributed by atoms with Crippen LogP contribution < -0.4 is 27.1 Å². The summed E-state index contributed by atoms with van der Waals surface area (Å²) < 4.78 is 11.5. The second-order valence-electron chi connectivity index (χ2n) is 15.8. The number of unbranched alkanes of at least 4 members (excludes halogenated alkanes) is 1. The molecule has 1 aromatic rings. The molecule has 0 bridgehead atoms. The molecule has 53 heavy (non-hydrogen) atoms. The zero-order valence-corrected chi connectivity index (χ0v) is 32.7. The number of carbonyl (C=O) groups is 6. The minimum atomic E-state index is -1.23. The third kappa shape index (κ3) is 15.1. The predicted octanol–water partition coefficient (Wildman–Crippen LogP) is 3.11. The lowest BCUT2D eigenvalue weighted by Gasteiger charge is -2.35. The lowest BCUT2D eigenvalue weighted by Crippen LogP contribution is -2.59. The van der Waals surface area contributed by atoms with Crippen molar-refractivity contribution in [1.29, 1.82) is 0 Å². The van der Waals surface area contributed by atoms with Crippen LogP contribution in [0.3, 0.4) is 0 Å². The molecule has 6 N–H and O–H groups in total. The van der Waals surface area contributed by atoms with Crippen LogP contribution in [0.1, 0.15) is 99.6 Å². The number of nitrogens with zero attached hydrogens (tertiary/aromatic N) is 3. The van der Waals surface area contributed by atoms with E-state index in [1.807, 2.05) is 47.6 Å². The molecule has 0 radical (unpaired) electrons. The van der Waals surface area contributed by atoms with E-state index in [-0.39, 0.29) is 38.5 Å². The van der Waals surface area contributed by atoms with E-state index in [2.05, 4.69) is 31.6 Å². The predicted molar refractivity (Wildman–Crippen MR) is 198 cm³/mol. The Morgan fingerprint density at radius 3 is 2.21 bits per heavy atom. The highest BCUT2D eigenvalue weighted by Crippen LogP contribution is 2.29. The van der Waals surface area contributed by atoms with Gasteiger partial charge < -0.3 is 41.5 Å². The lowest BCUT2D eigenvalue weighted by molar-refractivity contribution is -0.144. The number of nitrogens with one attached hydrogen (secondary N) is 4. The molecule has 0 aliphatic carbocycles. The number of likely N-dealkylation sites (tertiary alicyclic amines) is 1. The number of Topliss-reactive ketones (excluding diaryl/α,β-unsaturated/α-hetero) is 1. The Morgan fingerprint density at radius 2 is 1.64 bits per heavy atom. The van der Waals surface area contributed by atoms with E-state index in [1.54, 1.807) is 45.0 Å². The highest BCUT2D eigenvalue weighted by molar-refractivity contribution is 6.38. The lowest BCUT2D eigenvalue weighted by atomic mass is 9.85. The van der Waals surface area contributed by atoms with Crippen molar-refractivity contribution in [3.05, 3.63) is 35.9 Å². The standard InChI is InChI=1S/C37H60N8O8/c1-10-11-17-26(30(47)33(49)39-20-29(46)41-27(19-40-44-38)24-15-13-12-14-16-24)42-32(48)28-18-25(53-37(7,8)9)21-45(28)34(50)31(36(4,5)6)43-35(51)52-22-23(2)3/h12-16,23,25-28,31H,10-11,17-22H2,1-9H3,(H2,38,40)(H,39,49)(H,41,46)(H,42,48)(H,43,51)/t25-,26?,27+,28+,31-/m1/s1. The quantitative estimate of drug-likeness (QED) is 0.0644. The van der Waals surface area contributed by atoms with Crippen LogP contribution >= 0.6 is 0 Å². The number of ether oxygens (including phenoxy) is 2. The van der Waals surface area contributed by atoms with Crippen molar-refractivity contribution in [3.8, 4) is 0 Å². The Labute approximate surface area is 313 Å². The van der Waals surface area contributed by atoms with Crippen molar-refractivity contribution in [2.24, 2.45) is 27.5 Å². The van der Waals surface area contributed by atoms with E-state index in [1.165, 1.54) is 4.90 Å². The van der Waals surface area contributed by atoms with Crippen LogP contribution in [0.15, 0.2) is 40.7 Å². The van der Waals surface area contributed by atoms with Crippen molar-refractivity contribution >= 4 is 35.5 Å². The second-order valence-corrected chi connectivity index (χ2v) is 15.8. The molecular weight excluding hydrogens is 684 g/mol. The number of ketones is 1. The van der Waals surface area contributed by atoms with Crippen molar-refractivity contribution in [3.63, 3.8) is 0 Å². The molecule has 16 heteroatoms. The number of alkyl carbamates (subject to hydrolysis) is 1. The topological polar surface area (TPSA) is 223 Å². The van der Waals surface area contributed by atoms with Crippen LogP contribution in [0.5, 0.6) is 0 Å². The number of hydrogen-bond donors (Lipinski definition) is 5. The summed E-state index contributed by atoms with van der Waals surface area (Å²) in [5.74, 6) is 1.51. The molecule has 16 nitrogen and oxygen atoms in total. The maximum absolute atomic E-state index is 14.2. The van der Waals surface area contributed by atoms with Gasteiger partial charge >= 0.3 is 6.09 Å². The van der Waals surface area contributed by atoms with Crippen LogP contribution in [-0.2, 0) is 33.4 Å². The highest BCUT2D eigenvalue weighted by Gasteiger charge is 2.47. The summed E-state index contributed by atoms with van der Waals surface area (Å²) in [6.07, 6.45) is 0.175. The summed E-state index contributed by atoms with van der Waals surface area (Å²) in [4.78, 5) is 81.6. The molecule has 1 aliphatic heterocycles. The zero-order valence-electron chi connectivity index (χ0n) is 32.7. The third-order valence-electron chi connectivity index (χ3n) is 8.29. The van der Waals surface area contributed by atoms with Crippen LogP contribution in [0.4, 0.5) is 4.79 Å². The number of nitrogens with two attached hydrogens (primary N) is 1. The van der Waals surface area contributed by atoms with Crippen LogP contribution in [0, 0.1) is 11.3 Å². The Hall–Kier alpha value is -4.60. The van der Waals surface area contributed by atoms with Gasteiger partial charge in [0.15, 0.2) is 0 Å². The van der Waals surface area contributed by atoms with E-state index in [4.69, 9.17) is 15.3 Å². The monoisotopic (exact) mass is 744 g/mol. The van der Waals surface area contributed by atoms with Gasteiger partial charge in [0, 0.05) is 13.0 Å². The van der Waals surface area contributed by atoms with Crippen LogP contribution in [0.2, 0.25) is 0 Å². The molecule has 0 saturated carbocycles. The van der Waals surface area contributed by atoms with Gasteiger partial charge in [-0.25, -0.2) is 4.79 Å². The van der Waals surface area contributed by atoms with E-state index in [9.17, 15) is 28.8 Å². The zero-order chi connectivity index (χ0) is 39.9. The molecule has 5 atom stereocenters. The fourth-order valence-electron chi connectivity index (χ4n) is 5.74. The number of amides is 5. The molecule has 0 aromatic heterocycles. The van der Waals surface area contributed by atoms with Gasteiger partial charge in [-0.1, -0.05) is 89.9 Å². The number of carbonyl (C=O) groups excluding carboxylic acids is 6. The first kappa shape index (κ1) is 44.6. The molecule has 1 aliphatic rings. The largest absolute Gasteiger partial charge is 0.449 e. The minimum absolute atomic E-state index is 0.0569. The number of benzene rings is 1. The Bertz CT molecular complexity index is 1420. The van der Waals surface area contributed by atoms with Gasteiger partial charge in [0.05, 0.1) is 43.5 Å². The average Bonchev–Trinajstić information content (AvgIpc) is 3.50. The van der Waals surface area contributed by atoms with Gasteiger partial charge in [0.1, 0.15) is 12.1 Å². The van der Waals surface area contributed by atoms with Crippen molar-refractivity contribution in [2.45, 2.75) is 124 Å². The van der Waals surface area contributed by atoms with E-state index in [0.717, 1.165) is 5.56 Å². The summed E-state index contributed by atoms with van der Waals surface area (Å²) in [6, 6.07) is 5.05. The summed E-state index contributed by atoms with van der Waals surface area (Å²) in [6.45, 7) is 16.4. The van der Waals surface area contributed by atoms with Gasteiger partial charge in [0.25, 0.3) is 5.91 Å². The molecule has 2 rings (SSSR count). The Kier molecular flexibility index (Phi) is 17.3. The smallest absolute Gasteiger partial charge is 0.407 e. The molecule has 5 amide bonds. The van der Waals surface area contributed by atoms with E-state index < -0.39 is 83.3 Å². The normalized spacial score (nSPS) is 17.9. The minimum Gasteiger partial charge on any atom is -0.449 e. The van der Waals surface area contributed by atoms with Crippen LogP contribution in [-0.4, -0.2) is 96.5 Å². The molecule has 0 spiro atoms. The molecule has 296 valence electrons. The van der Waals surface area contributed by atoms with Crippen molar-refractivity contribution < 1.29 is 38.2 Å². The summed E-state index contributed by atoms with van der Waals surface area (Å²) in [5.41, 5.74) is -0.618. The average molecular weight is 745 g/mol. The molecular formula is C37H60N8O8. The van der Waals surface area contributed by atoms with Crippen molar-refractivity contribution in [1.82, 2.24) is 26.2 Å². The molecule has 1 fully saturated rings. The molecule has 1 heterocycles. The van der Waals surface area contributed by atoms with Crippen molar-refractivity contribution in [2.75, 3.05) is 26.2 Å². The maximum atomic E-state index is 14.2. The Balaban J connectivity index is 2.25. The van der Waals surface area contributed by atoms with Gasteiger partial charge in [-0.2, -0.15) is 5.11 Å². The van der Waals surface area contributed by atoms with Crippen LogP contribution in [0.25, 0.3) is 0 Å². The first-order chi connectivity index (χ1) is 24.8. The fraction of sp³-hybridized carbons (Fsp3) is 0.676. The summed E-state index contributed by atoms with van der Waals surface area (Å²) in [5, 5.41) is 17.5. The fourth-order valence-corrected chi connectivity index (χ4v) is 5.74.